The largest absolute Gasteiger partial charge is 0.454 e. The molecule has 2 aliphatic rings. The van der Waals surface area contributed by atoms with Crippen molar-refractivity contribution >= 4 is 17.5 Å². The second-order valence-corrected chi connectivity index (χ2v) is 6.06. The lowest BCUT2D eigenvalue weighted by Gasteiger charge is -2.21. The molecule has 0 saturated carbocycles. The number of hydrogen-bond donors (Lipinski definition) is 0. The number of benzene rings is 1. The molecule has 1 aromatic rings. The van der Waals surface area contributed by atoms with Crippen LogP contribution in [0.25, 0.3) is 0 Å². The third-order valence-electron chi connectivity index (χ3n) is 4.37. The molecule has 0 bridgehead atoms. The Morgan fingerprint density at radius 2 is 2.13 bits per heavy atom. The van der Waals surface area contributed by atoms with Gasteiger partial charge in [0.2, 0.25) is 18.6 Å². The molecule has 1 atom stereocenters. The van der Waals surface area contributed by atoms with Crippen LogP contribution in [0.4, 0.5) is 5.69 Å². The smallest absolute Gasteiger partial charge is 0.231 e. The zero-order valence-corrected chi connectivity index (χ0v) is 13.6. The van der Waals surface area contributed by atoms with Crippen LogP contribution in [0, 0.1) is 5.92 Å². The van der Waals surface area contributed by atoms with Crippen molar-refractivity contribution < 1.29 is 19.1 Å². The molecule has 2 amide bonds. The van der Waals surface area contributed by atoms with Crippen LogP contribution in [0.1, 0.15) is 26.2 Å². The van der Waals surface area contributed by atoms with Gasteiger partial charge in [0.1, 0.15) is 0 Å². The average molecular weight is 318 g/mol. The Balaban J connectivity index is 1.69. The molecule has 0 radical (unpaired) electrons. The molecular weight excluding hydrogens is 296 g/mol. The SMILES string of the molecule is CCCCN(C)C(=O)C1CC(=O)N(c2ccc3c(c2)OCO3)C1. The standard InChI is InChI=1S/C17H22N2O4/c1-3-4-7-18(2)17(21)12-8-16(20)19(10-12)13-5-6-14-15(9-13)23-11-22-14/h5-6,9,12H,3-4,7-8,10-11H2,1-2H3. The van der Waals surface area contributed by atoms with E-state index in [1.165, 1.54) is 0 Å². The van der Waals surface area contributed by atoms with E-state index >= 15 is 0 Å². The Kier molecular flexibility index (Phi) is 4.41. The summed E-state index contributed by atoms with van der Waals surface area (Å²) in [4.78, 5) is 28.2. The highest BCUT2D eigenvalue weighted by Gasteiger charge is 2.36. The second kappa shape index (κ2) is 6.48. The first-order chi connectivity index (χ1) is 11.1. The van der Waals surface area contributed by atoms with Gasteiger partial charge >= 0.3 is 0 Å². The zero-order chi connectivity index (χ0) is 16.4. The predicted molar refractivity (Wildman–Crippen MR) is 85.6 cm³/mol. The van der Waals surface area contributed by atoms with Crippen molar-refractivity contribution in [1.29, 1.82) is 0 Å². The molecule has 0 spiro atoms. The minimum Gasteiger partial charge on any atom is -0.454 e. The maximum absolute atomic E-state index is 12.5. The lowest BCUT2D eigenvalue weighted by Crippen LogP contribution is -2.35. The monoisotopic (exact) mass is 318 g/mol. The van der Waals surface area contributed by atoms with Crippen molar-refractivity contribution in [2.24, 2.45) is 5.92 Å². The molecule has 0 aliphatic carbocycles. The molecular formula is C17H22N2O4. The lowest BCUT2D eigenvalue weighted by molar-refractivity contribution is -0.134. The maximum Gasteiger partial charge on any atom is 0.231 e. The van der Waals surface area contributed by atoms with Crippen LogP contribution in [0.5, 0.6) is 11.5 Å². The quantitative estimate of drug-likeness (QED) is 0.833. The number of anilines is 1. The van der Waals surface area contributed by atoms with Crippen molar-refractivity contribution in [3.63, 3.8) is 0 Å². The second-order valence-electron chi connectivity index (χ2n) is 6.06. The third-order valence-corrected chi connectivity index (χ3v) is 4.37. The van der Waals surface area contributed by atoms with Gasteiger partial charge in [0.25, 0.3) is 0 Å². The first kappa shape index (κ1) is 15.6. The molecule has 0 N–H and O–H groups in total. The van der Waals surface area contributed by atoms with Gasteiger partial charge in [-0.25, -0.2) is 0 Å². The van der Waals surface area contributed by atoms with Crippen molar-refractivity contribution in [3.8, 4) is 11.5 Å². The topological polar surface area (TPSA) is 59.1 Å². The molecule has 124 valence electrons. The van der Waals surface area contributed by atoms with Crippen LogP contribution in [-0.4, -0.2) is 43.6 Å². The summed E-state index contributed by atoms with van der Waals surface area (Å²) in [5.74, 6) is 1.09. The maximum atomic E-state index is 12.5. The van der Waals surface area contributed by atoms with Crippen LogP contribution in [0.15, 0.2) is 18.2 Å². The van der Waals surface area contributed by atoms with Gasteiger partial charge in [-0.05, 0) is 18.6 Å². The molecule has 23 heavy (non-hydrogen) atoms. The Labute approximate surface area is 136 Å². The summed E-state index contributed by atoms with van der Waals surface area (Å²) in [7, 11) is 1.81. The predicted octanol–water partition coefficient (Wildman–Crippen LogP) is 2.03. The molecule has 3 rings (SSSR count). The van der Waals surface area contributed by atoms with E-state index in [-0.39, 0.29) is 30.9 Å². The minimum absolute atomic E-state index is 0.0221. The van der Waals surface area contributed by atoms with Crippen molar-refractivity contribution in [2.45, 2.75) is 26.2 Å². The van der Waals surface area contributed by atoms with Gasteiger partial charge in [-0.15, -0.1) is 0 Å². The van der Waals surface area contributed by atoms with Gasteiger partial charge in [0, 0.05) is 38.3 Å². The van der Waals surface area contributed by atoms with Gasteiger partial charge < -0.3 is 19.3 Å². The molecule has 1 aromatic carbocycles. The van der Waals surface area contributed by atoms with E-state index in [4.69, 9.17) is 9.47 Å². The summed E-state index contributed by atoms with van der Waals surface area (Å²) in [5, 5.41) is 0. The number of fused-ring (bicyclic) bond motifs is 1. The summed E-state index contributed by atoms with van der Waals surface area (Å²) in [6.07, 6.45) is 2.29. The van der Waals surface area contributed by atoms with E-state index in [2.05, 4.69) is 6.92 Å². The number of rotatable bonds is 5. The van der Waals surface area contributed by atoms with E-state index in [1.807, 2.05) is 13.1 Å². The normalized spacial score (nSPS) is 19.3. The number of ether oxygens (including phenoxy) is 2. The van der Waals surface area contributed by atoms with E-state index in [1.54, 1.807) is 21.9 Å². The highest BCUT2D eigenvalue weighted by Crippen LogP contribution is 2.37. The Bertz CT molecular complexity index is 617. The fraction of sp³-hybridized carbons (Fsp3) is 0.529. The van der Waals surface area contributed by atoms with E-state index in [9.17, 15) is 9.59 Å². The highest BCUT2D eigenvalue weighted by atomic mass is 16.7. The van der Waals surface area contributed by atoms with Crippen LogP contribution >= 0.6 is 0 Å². The van der Waals surface area contributed by atoms with Gasteiger partial charge in [-0.1, -0.05) is 13.3 Å². The fourth-order valence-corrected chi connectivity index (χ4v) is 2.99. The highest BCUT2D eigenvalue weighted by molar-refractivity contribution is 6.00. The summed E-state index contributed by atoms with van der Waals surface area (Å²) < 4.78 is 10.6. The van der Waals surface area contributed by atoms with Crippen LogP contribution in [0.3, 0.4) is 0 Å². The fourth-order valence-electron chi connectivity index (χ4n) is 2.99. The molecule has 6 nitrogen and oxygen atoms in total. The van der Waals surface area contributed by atoms with Gasteiger partial charge in [-0.2, -0.15) is 0 Å². The third kappa shape index (κ3) is 3.11. The molecule has 6 heteroatoms. The van der Waals surface area contributed by atoms with Gasteiger partial charge in [-0.3, -0.25) is 9.59 Å². The van der Waals surface area contributed by atoms with Crippen LogP contribution in [0.2, 0.25) is 0 Å². The lowest BCUT2D eigenvalue weighted by atomic mass is 10.1. The van der Waals surface area contributed by atoms with Crippen LogP contribution in [-0.2, 0) is 9.59 Å². The van der Waals surface area contributed by atoms with E-state index < -0.39 is 0 Å². The first-order valence-corrected chi connectivity index (χ1v) is 8.05. The number of nitrogens with zero attached hydrogens (tertiary/aromatic N) is 2. The summed E-state index contributed by atoms with van der Waals surface area (Å²) in [5.41, 5.74) is 0.755. The summed E-state index contributed by atoms with van der Waals surface area (Å²) >= 11 is 0. The summed E-state index contributed by atoms with van der Waals surface area (Å²) in [6, 6.07) is 5.43. The van der Waals surface area contributed by atoms with Crippen molar-refractivity contribution in [3.05, 3.63) is 18.2 Å². The molecule has 0 aromatic heterocycles. The number of hydrogen-bond acceptors (Lipinski definition) is 4. The molecule has 1 fully saturated rings. The van der Waals surface area contributed by atoms with Crippen molar-refractivity contribution in [1.82, 2.24) is 4.90 Å². The Morgan fingerprint density at radius 1 is 1.35 bits per heavy atom. The van der Waals surface area contributed by atoms with Crippen molar-refractivity contribution in [2.75, 3.05) is 31.8 Å². The van der Waals surface area contributed by atoms with Gasteiger partial charge in [0.05, 0.1) is 5.92 Å². The van der Waals surface area contributed by atoms with Crippen LogP contribution < -0.4 is 14.4 Å². The Morgan fingerprint density at radius 3 is 2.91 bits per heavy atom. The Hall–Kier alpha value is -2.24. The molecule has 1 unspecified atom stereocenters. The molecule has 1 saturated heterocycles. The first-order valence-electron chi connectivity index (χ1n) is 8.05. The van der Waals surface area contributed by atoms with E-state index in [0.717, 1.165) is 25.1 Å². The zero-order valence-electron chi connectivity index (χ0n) is 13.6. The number of carbonyl (C=O) groups excluding carboxylic acids is 2. The number of amides is 2. The summed E-state index contributed by atoms with van der Waals surface area (Å²) in [6.45, 7) is 3.46. The molecule has 2 heterocycles. The van der Waals surface area contributed by atoms with E-state index in [0.29, 0.717) is 18.0 Å². The molecule has 2 aliphatic heterocycles. The minimum atomic E-state index is -0.269. The van der Waals surface area contributed by atoms with Gasteiger partial charge in [0.15, 0.2) is 11.5 Å². The number of carbonyl (C=O) groups is 2. The average Bonchev–Trinajstić information content (AvgIpc) is 3.17. The number of unbranched alkanes of at least 4 members (excludes halogenated alkanes) is 1.